The Morgan fingerprint density at radius 1 is 1.11 bits per heavy atom. The maximum Gasteiger partial charge on any atom is 1.00 e. The summed E-state index contributed by atoms with van der Waals surface area (Å²) < 4.78 is 13.6. The number of carbonyl (C=O) groups excluding carboxylic acids is 1. The zero-order valence-corrected chi connectivity index (χ0v) is 15.3. The minimum Gasteiger partial charge on any atom is -0.790 e. The fourth-order valence-corrected chi connectivity index (χ4v) is 1.11. The molecule has 0 unspecified atom stereocenters. The molecule has 13 heteroatoms. The van der Waals surface area contributed by atoms with Gasteiger partial charge in [0.15, 0.2) is 6.29 Å². The van der Waals surface area contributed by atoms with Gasteiger partial charge in [0.2, 0.25) is 0 Å². The van der Waals surface area contributed by atoms with Gasteiger partial charge >= 0.3 is 59.1 Å². The normalized spacial score (nSPS) is 16.7. The molecule has 0 saturated carbocycles. The molecular formula is C6H13Na2O10P. The molecule has 6 N–H and O–H groups in total. The maximum absolute atomic E-state index is 10.0. The summed E-state index contributed by atoms with van der Waals surface area (Å²) in [5.74, 6) is 0. The Morgan fingerprint density at radius 3 is 1.84 bits per heavy atom. The average molecular weight is 322 g/mol. The van der Waals surface area contributed by atoms with Crippen molar-refractivity contribution in [3.8, 4) is 0 Å². The molecule has 19 heavy (non-hydrogen) atoms. The van der Waals surface area contributed by atoms with Crippen molar-refractivity contribution in [3.05, 3.63) is 0 Å². The molecule has 10 nitrogen and oxygen atoms in total. The number of aldehydes is 1. The predicted octanol–water partition coefficient (Wildman–Crippen LogP) is -11.3. The molecule has 0 aromatic rings. The van der Waals surface area contributed by atoms with Crippen molar-refractivity contribution >= 4 is 14.1 Å². The molecule has 0 heterocycles. The number of phosphoric acid groups is 1. The van der Waals surface area contributed by atoms with Crippen molar-refractivity contribution in [1.82, 2.24) is 0 Å². The molecule has 0 aromatic carbocycles. The van der Waals surface area contributed by atoms with Crippen molar-refractivity contribution in [1.29, 1.82) is 0 Å². The first-order valence-electron chi connectivity index (χ1n) is 4.03. The van der Waals surface area contributed by atoms with Crippen molar-refractivity contribution in [2.75, 3.05) is 6.61 Å². The molecule has 0 saturated heterocycles. The van der Waals surface area contributed by atoms with Gasteiger partial charge in [-0.05, 0) is 0 Å². The number of carbonyl (C=O) groups is 1. The quantitative estimate of drug-likeness (QED) is 0.199. The van der Waals surface area contributed by atoms with Crippen molar-refractivity contribution < 1.29 is 109 Å². The van der Waals surface area contributed by atoms with E-state index in [0.717, 1.165) is 0 Å². The summed E-state index contributed by atoms with van der Waals surface area (Å²) in [5, 5.41) is 35.9. The van der Waals surface area contributed by atoms with Crippen molar-refractivity contribution in [2.45, 2.75) is 24.4 Å². The van der Waals surface area contributed by atoms with Crippen LogP contribution in [0.25, 0.3) is 0 Å². The zero-order chi connectivity index (χ0) is 12.9. The fraction of sp³-hybridized carbons (Fsp3) is 0.833. The van der Waals surface area contributed by atoms with Crippen LogP contribution in [-0.2, 0) is 13.9 Å². The van der Waals surface area contributed by atoms with Crippen LogP contribution in [0.1, 0.15) is 0 Å². The van der Waals surface area contributed by atoms with Crippen LogP contribution in [0.3, 0.4) is 0 Å². The number of hydrogen-bond donors (Lipinski definition) is 4. The standard InChI is InChI=1S/C6H13O9P.2Na.H2O/c7-1-3(8)5(10)6(11)4(9)2-15-16(12,13)14;;;/h1,3-6,8-11H,2H2,(H2,12,13,14);;;1H2/q;2*+1;/p-2/t3-,4+,5+,6+;;;/m0.../s1. The number of hydrogen-bond acceptors (Lipinski definition) is 9. The summed E-state index contributed by atoms with van der Waals surface area (Å²) in [6.45, 7) is -1.09. The second-order valence-corrected chi connectivity index (χ2v) is 4.07. The fourth-order valence-electron chi connectivity index (χ4n) is 0.776. The van der Waals surface area contributed by atoms with Crippen LogP contribution in [-0.4, -0.2) is 63.2 Å². The smallest absolute Gasteiger partial charge is 0.790 e. The van der Waals surface area contributed by atoms with Gasteiger partial charge < -0.3 is 49.6 Å². The first kappa shape index (κ1) is 28.7. The Balaban J connectivity index is -0.000000375. The topological polar surface area (TPSA) is 202 Å². The Morgan fingerprint density at radius 2 is 1.53 bits per heavy atom. The zero-order valence-electron chi connectivity index (χ0n) is 10.4. The summed E-state index contributed by atoms with van der Waals surface area (Å²) in [6, 6.07) is 0. The van der Waals surface area contributed by atoms with E-state index in [1.165, 1.54) is 0 Å². The second-order valence-electron chi connectivity index (χ2n) is 2.92. The average Bonchev–Trinajstić information content (AvgIpc) is 2.21. The molecule has 0 aliphatic heterocycles. The Hall–Kier alpha value is 1.58. The molecule has 0 aliphatic carbocycles. The molecule has 0 amide bonds. The third kappa shape index (κ3) is 13.0. The van der Waals surface area contributed by atoms with Crippen LogP contribution in [0, 0.1) is 0 Å². The molecule has 0 radical (unpaired) electrons. The molecule has 0 bridgehead atoms. The van der Waals surface area contributed by atoms with E-state index in [1.54, 1.807) is 0 Å². The van der Waals surface area contributed by atoms with E-state index in [-0.39, 0.29) is 70.9 Å². The van der Waals surface area contributed by atoms with E-state index in [4.69, 9.17) is 20.4 Å². The molecule has 0 spiro atoms. The van der Waals surface area contributed by atoms with Crippen LogP contribution >= 0.6 is 7.82 Å². The summed E-state index contributed by atoms with van der Waals surface area (Å²) >= 11 is 0. The number of aliphatic hydroxyl groups is 4. The second kappa shape index (κ2) is 13.3. The molecule has 0 aliphatic rings. The summed E-state index contributed by atoms with van der Waals surface area (Å²) in [5.41, 5.74) is 0. The SMILES string of the molecule is O.O=C[C@H](O)[C@@H](O)[C@H](O)[C@H](O)COP(=O)([O-])[O-].[Na+].[Na+]. The van der Waals surface area contributed by atoms with Gasteiger partial charge in [-0.15, -0.1) is 0 Å². The summed E-state index contributed by atoms with van der Waals surface area (Å²) in [6.07, 6.45) is -8.04. The van der Waals surface area contributed by atoms with Crippen LogP contribution < -0.4 is 68.9 Å². The Kier molecular flexibility index (Phi) is 20.0. The number of rotatable bonds is 7. The van der Waals surface area contributed by atoms with Gasteiger partial charge in [-0.2, -0.15) is 0 Å². The van der Waals surface area contributed by atoms with Gasteiger partial charge in [-0.1, -0.05) is 0 Å². The Labute approximate surface area is 152 Å². The maximum atomic E-state index is 10.0. The van der Waals surface area contributed by atoms with E-state index < -0.39 is 38.8 Å². The minimum absolute atomic E-state index is 0. The van der Waals surface area contributed by atoms with Gasteiger partial charge in [-0.3, -0.25) is 0 Å². The van der Waals surface area contributed by atoms with Crippen molar-refractivity contribution in [2.24, 2.45) is 0 Å². The number of phosphoric ester groups is 1. The first-order valence-corrected chi connectivity index (χ1v) is 5.49. The van der Waals surface area contributed by atoms with Gasteiger partial charge in [0, 0.05) is 0 Å². The van der Waals surface area contributed by atoms with E-state index >= 15 is 0 Å². The van der Waals surface area contributed by atoms with Gasteiger partial charge in [0.1, 0.15) is 24.4 Å². The summed E-state index contributed by atoms with van der Waals surface area (Å²) in [7, 11) is -5.30. The van der Waals surface area contributed by atoms with Crippen molar-refractivity contribution in [3.63, 3.8) is 0 Å². The van der Waals surface area contributed by atoms with Gasteiger partial charge in [0.05, 0.1) is 14.4 Å². The van der Waals surface area contributed by atoms with E-state index in [1.807, 2.05) is 0 Å². The number of aliphatic hydroxyl groups excluding tert-OH is 4. The third-order valence-corrected chi connectivity index (χ3v) is 2.10. The van der Waals surface area contributed by atoms with Gasteiger partial charge in [0.25, 0.3) is 0 Å². The van der Waals surface area contributed by atoms with Crippen LogP contribution in [0.5, 0.6) is 0 Å². The summed E-state index contributed by atoms with van der Waals surface area (Å²) in [4.78, 5) is 30.0. The third-order valence-electron chi connectivity index (χ3n) is 1.64. The Bertz CT molecular complexity index is 273. The monoisotopic (exact) mass is 322 g/mol. The van der Waals surface area contributed by atoms with Crippen LogP contribution in [0.15, 0.2) is 0 Å². The molecule has 0 rings (SSSR count). The molecule has 0 aromatic heterocycles. The first-order chi connectivity index (χ1) is 7.19. The van der Waals surface area contributed by atoms with Gasteiger partial charge in [-0.25, -0.2) is 0 Å². The van der Waals surface area contributed by atoms with E-state index in [9.17, 15) is 19.1 Å². The van der Waals surface area contributed by atoms with Crippen LogP contribution in [0.2, 0.25) is 0 Å². The van der Waals surface area contributed by atoms with E-state index in [0.29, 0.717) is 0 Å². The van der Waals surface area contributed by atoms with E-state index in [2.05, 4.69) is 4.52 Å². The molecule has 0 fully saturated rings. The molecule has 104 valence electrons. The van der Waals surface area contributed by atoms with Crippen LogP contribution in [0.4, 0.5) is 0 Å². The predicted molar refractivity (Wildman–Crippen MR) is 47.3 cm³/mol. The largest absolute Gasteiger partial charge is 1.00 e. The minimum atomic E-state index is -5.30. The molecular weight excluding hydrogens is 309 g/mol. The molecule has 4 atom stereocenters.